The lowest BCUT2D eigenvalue weighted by Crippen LogP contribution is -2.16. The van der Waals surface area contributed by atoms with Crippen molar-refractivity contribution in [1.29, 1.82) is 0 Å². The highest BCUT2D eigenvalue weighted by Gasteiger charge is 2.17. The van der Waals surface area contributed by atoms with Crippen LogP contribution in [-0.4, -0.2) is 36.4 Å². The third-order valence-corrected chi connectivity index (χ3v) is 4.38. The molecule has 1 heterocycles. The van der Waals surface area contributed by atoms with Crippen LogP contribution in [-0.2, 0) is 6.42 Å². The van der Waals surface area contributed by atoms with Gasteiger partial charge in [-0.1, -0.05) is 24.3 Å². The Morgan fingerprint density at radius 3 is 2.58 bits per heavy atom. The first-order chi connectivity index (χ1) is 11.4. The molecule has 0 aliphatic carbocycles. The normalized spacial score (nSPS) is 11.5. The van der Waals surface area contributed by atoms with Crippen LogP contribution in [0.15, 0.2) is 30.3 Å². The molecule has 1 amide bonds. The van der Waals surface area contributed by atoms with Gasteiger partial charge in [0.25, 0.3) is 5.91 Å². The first kappa shape index (κ1) is 16.2. The molecular weight excluding hydrogens is 300 g/mol. The molecule has 24 heavy (non-hydrogen) atoms. The lowest BCUT2D eigenvalue weighted by Gasteiger charge is -2.16. The summed E-state index contributed by atoms with van der Waals surface area (Å²) in [4.78, 5) is 18.7. The van der Waals surface area contributed by atoms with Gasteiger partial charge in [-0.25, -0.2) is 4.98 Å². The van der Waals surface area contributed by atoms with E-state index in [0.29, 0.717) is 16.8 Å². The number of fused-ring (bicyclic) bond motifs is 2. The van der Waals surface area contributed by atoms with Gasteiger partial charge in [-0.3, -0.25) is 4.79 Å². The van der Waals surface area contributed by atoms with Crippen molar-refractivity contribution in [3.63, 3.8) is 0 Å². The Bertz CT molecular complexity index is 947. The number of aromatic nitrogens is 1. The molecular formula is C19H22N4O. The number of benzene rings is 2. The summed E-state index contributed by atoms with van der Waals surface area (Å²) < 4.78 is 0. The minimum Gasteiger partial charge on any atom is -0.398 e. The largest absolute Gasteiger partial charge is 0.398 e. The van der Waals surface area contributed by atoms with E-state index in [0.717, 1.165) is 40.4 Å². The second-order valence-corrected chi connectivity index (χ2v) is 6.41. The monoisotopic (exact) mass is 322 g/mol. The third-order valence-electron chi connectivity index (χ3n) is 4.38. The highest BCUT2D eigenvalue weighted by atomic mass is 16.1. The number of anilines is 1. The molecule has 0 unspecified atom stereocenters. The Morgan fingerprint density at radius 2 is 1.92 bits per heavy atom. The molecule has 3 rings (SSSR count). The number of pyridine rings is 1. The van der Waals surface area contributed by atoms with Gasteiger partial charge in [0.1, 0.15) is 0 Å². The molecule has 0 saturated carbocycles. The number of nitrogen functional groups attached to an aromatic ring is 1. The summed E-state index contributed by atoms with van der Waals surface area (Å²) in [5.74, 6) is -0.487. The van der Waals surface area contributed by atoms with Gasteiger partial charge < -0.3 is 16.4 Å². The van der Waals surface area contributed by atoms with Gasteiger partial charge in [0.15, 0.2) is 0 Å². The molecule has 0 spiro atoms. The second-order valence-electron chi connectivity index (χ2n) is 6.41. The maximum atomic E-state index is 11.9. The molecule has 4 N–H and O–H groups in total. The summed E-state index contributed by atoms with van der Waals surface area (Å²) in [5.41, 5.74) is 16.6. The number of carbonyl (C=O) groups is 1. The van der Waals surface area contributed by atoms with Crippen LogP contribution in [0.2, 0.25) is 0 Å². The zero-order valence-electron chi connectivity index (χ0n) is 14.3. The number of para-hydroxylation sites is 1. The number of likely N-dealkylation sites (N-methyl/N-ethyl adjacent to an activating group) is 1. The van der Waals surface area contributed by atoms with Gasteiger partial charge in [-0.05, 0) is 44.6 Å². The Labute approximate surface area is 141 Å². The molecule has 124 valence electrons. The Hall–Kier alpha value is -2.66. The summed E-state index contributed by atoms with van der Waals surface area (Å²) >= 11 is 0. The first-order valence-corrected chi connectivity index (χ1v) is 7.95. The van der Waals surface area contributed by atoms with Crippen molar-refractivity contribution in [2.75, 3.05) is 26.4 Å². The standard InChI is InChI=1S/C19H22N4O/c1-11-5-4-6-13-16(20)15-12(9-10-23(2)3)7-8-14(19(21)24)18(15)22-17(11)13/h4-8H,9-10H2,1-3H3,(H2,20,22)(H2,21,24). The molecule has 2 aromatic carbocycles. The zero-order valence-corrected chi connectivity index (χ0v) is 14.3. The Balaban J connectivity index is 2.40. The number of aryl methyl sites for hydroxylation is 1. The molecule has 0 bridgehead atoms. The molecule has 3 aromatic rings. The van der Waals surface area contributed by atoms with Gasteiger partial charge in [-0.2, -0.15) is 0 Å². The van der Waals surface area contributed by atoms with Crippen molar-refractivity contribution in [2.45, 2.75) is 13.3 Å². The van der Waals surface area contributed by atoms with E-state index in [2.05, 4.69) is 4.90 Å². The highest BCUT2D eigenvalue weighted by molar-refractivity contribution is 6.14. The van der Waals surface area contributed by atoms with Gasteiger partial charge in [0, 0.05) is 17.3 Å². The number of hydrogen-bond donors (Lipinski definition) is 2. The number of rotatable bonds is 4. The molecule has 5 heteroatoms. The van der Waals surface area contributed by atoms with Gasteiger partial charge in [0.2, 0.25) is 0 Å². The van der Waals surface area contributed by atoms with Crippen LogP contribution in [0, 0.1) is 6.92 Å². The third kappa shape index (κ3) is 2.67. The SMILES string of the molecule is Cc1cccc2c(N)c3c(CCN(C)C)ccc(C(N)=O)c3nc12. The number of nitrogens with zero attached hydrogens (tertiary/aromatic N) is 2. The molecule has 0 fully saturated rings. The highest BCUT2D eigenvalue weighted by Crippen LogP contribution is 2.34. The lowest BCUT2D eigenvalue weighted by molar-refractivity contribution is 0.100. The van der Waals surface area contributed by atoms with Crippen LogP contribution in [0.5, 0.6) is 0 Å². The summed E-state index contributed by atoms with van der Waals surface area (Å²) in [6.07, 6.45) is 0.825. The average Bonchev–Trinajstić information content (AvgIpc) is 2.53. The van der Waals surface area contributed by atoms with Gasteiger partial charge >= 0.3 is 0 Å². The summed E-state index contributed by atoms with van der Waals surface area (Å²) in [6.45, 7) is 2.87. The average molecular weight is 322 g/mol. The van der Waals surface area contributed by atoms with E-state index in [4.69, 9.17) is 16.5 Å². The number of carbonyl (C=O) groups excluding carboxylic acids is 1. The van der Waals surface area contributed by atoms with Crippen molar-refractivity contribution in [1.82, 2.24) is 9.88 Å². The summed E-state index contributed by atoms with van der Waals surface area (Å²) in [7, 11) is 4.06. The van der Waals surface area contributed by atoms with Crippen LogP contribution >= 0.6 is 0 Å². The van der Waals surface area contributed by atoms with Crippen LogP contribution in [0.1, 0.15) is 21.5 Å². The van der Waals surface area contributed by atoms with E-state index in [9.17, 15) is 4.79 Å². The number of hydrogen-bond acceptors (Lipinski definition) is 4. The van der Waals surface area contributed by atoms with Crippen LogP contribution in [0.25, 0.3) is 21.8 Å². The fourth-order valence-corrected chi connectivity index (χ4v) is 3.07. The maximum Gasteiger partial charge on any atom is 0.250 e. The van der Waals surface area contributed by atoms with Crippen molar-refractivity contribution in [3.8, 4) is 0 Å². The first-order valence-electron chi connectivity index (χ1n) is 7.95. The second kappa shape index (κ2) is 6.09. The van der Waals surface area contributed by atoms with Crippen LogP contribution in [0.3, 0.4) is 0 Å². The molecule has 0 saturated heterocycles. The quantitative estimate of drug-likeness (QED) is 0.723. The van der Waals surface area contributed by atoms with Crippen molar-refractivity contribution >= 4 is 33.4 Å². The molecule has 5 nitrogen and oxygen atoms in total. The van der Waals surface area contributed by atoms with E-state index in [1.165, 1.54) is 0 Å². The number of primary amides is 1. The van der Waals surface area contributed by atoms with Crippen molar-refractivity contribution in [2.24, 2.45) is 5.73 Å². The van der Waals surface area contributed by atoms with E-state index in [1.54, 1.807) is 6.07 Å². The Kier molecular flexibility index (Phi) is 4.11. The van der Waals surface area contributed by atoms with Crippen molar-refractivity contribution < 1.29 is 4.79 Å². The summed E-state index contributed by atoms with van der Waals surface area (Å²) in [6, 6.07) is 9.62. The zero-order chi connectivity index (χ0) is 17.4. The van der Waals surface area contributed by atoms with Crippen LogP contribution < -0.4 is 11.5 Å². The summed E-state index contributed by atoms with van der Waals surface area (Å²) in [5, 5.41) is 1.75. The topological polar surface area (TPSA) is 85.2 Å². The van der Waals surface area contributed by atoms with E-state index >= 15 is 0 Å². The Morgan fingerprint density at radius 1 is 1.17 bits per heavy atom. The van der Waals surface area contributed by atoms with E-state index < -0.39 is 5.91 Å². The fraction of sp³-hybridized carbons (Fsp3) is 0.263. The predicted molar refractivity (Wildman–Crippen MR) is 99.2 cm³/mol. The molecule has 0 atom stereocenters. The maximum absolute atomic E-state index is 11.9. The number of amides is 1. The number of nitrogens with two attached hydrogens (primary N) is 2. The van der Waals surface area contributed by atoms with E-state index in [1.807, 2.05) is 45.3 Å². The van der Waals surface area contributed by atoms with Crippen LogP contribution in [0.4, 0.5) is 5.69 Å². The van der Waals surface area contributed by atoms with Gasteiger partial charge in [-0.15, -0.1) is 0 Å². The minimum atomic E-state index is -0.487. The molecule has 0 radical (unpaired) electrons. The van der Waals surface area contributed by atoms with Crippen molar-refractivity contribution in [3.05, 3.63) is 47.0 Å². The molecule has 0 aliphatic heterocycles. The molecule has 1 aromatic heterocycles. The predicted octanol–water partition coefficient (Wildman–Crippen LogP) is 2.48. The minimum absolute atomic E-state index is 0.412. The van der Waals surface area contributed by atoms with Gasteiger partial charge in [0.05, 0.1) is 22.3 Å². The smallest absolute Gasteiger partial charge is 0.250 e. The fourth-order valence-electron chi connectivity index (χ4n) is 3.07. The lowest BCUT2D eigenvalue weighted by atomic mass is 9.96. The van der Waals surface area contributed by atoms with E-state index in [-0.39, 0.29) is 0 Å². The molecule has 0 aliphatic rings.